The number of carbonyl (C=O) groups is 1. The number of halogens is 4. The molecule has 110 valence electrons. The highest BCUT2D eigenvalue weighted by Gasteiger charge is 2.34. The molecule has 0 unspecified atom stereocenters. The van der Waals surface area contributed by atoms with Gasteiger partial charge in [0.25, 0.3) is 0 Å². The molecule has 0 amide bonds. The number of methoxy groups -OCH3 is 1. The van der Waals surface area contributed by atoms with Crippen LogP contribution in [0.1, 0.15) is 15.9 Å². The van der Waals surface area contributed by atoms with E-state index in [1.54, 1.807) is 0 Å². The van der Waals surface area contributed by atoms with Crippen molar-refractivity contribution in [2.75, 3.05) is 7.11 Å². The van der Waals surface area contributed by atoms with Gasteiger partial charge in [-0.2, -0.15) is 13.2 Å². The predicted octanol–water partition coefficient (Wildman–Crippen LogP) is 4.33. The Morgan fingerprint density at radius 1 is 1.05 bits per heavy atom. The molecule has 0 radical (unpaired) electrons. The number of rotatable bonds is 3. The van der Waals surface area contributed by atoms with Crippen LogP contribution in [0.25, 0.3) is 11.1 Å². The Hall–Kier alpha value is -2.37. The van der Waals surface area contributed by atoms with E-state index in [2.05, 4.69) is 0 Å². The number of hydrogen-bond donors (Lipinski definition) is 0. The first-order chi connectivity index (χ1) is 9.86. The molecule has 0 saturated carbocycles. The zero-order valence-corrected chi connectivity index (χ0v) is 10.9. The third-order valence-electron chi connectivity index (χ3n) is 2.96. The summed E-state index contributed by atoms with van der Waals surface area (Å²) in [5, 5.41) is 0. The van der Waals surface area contributed by atoms with Crippen LogP contribution >= 0.6 is 0 Å². The zero-order valence-electron chi connectivity index (χ0n) is 10.9. The van der Waals surface area contributed by atoms with Crippen molar-refractivity contribution < 1.29 is 27.1 Å². The molecule has 0 aliphatic heterocycles. The standard InChI is InChI=1S/C15H10F4O2/c1-21-14-5-3-9(6-11(14)8-20)10-2-4-13(16)12(7-10)15(17,18)19/h2-8H,1H3. The van der Waals surface area contributed by atoms with Crippen LogP contribution in [0.4, 0.5) is 17.6 Å². The molecule has 0 fully saturated rings. The lowest BCUT2D eigenvalue weighted by atomic mass is 10.0. The van der Waals surface area contributed by atoms with Gasteiger partial charge in [0.2, 0.25) is 0 Å². The third kappa shape index (κ3) is 3.04. The summed E-state index contributed by atoms with van der Waals surface area (Å²) < 4.78 is 56.3. The van der Waals surface area contributed by atoms with Crippen molar-refractivity contribution in [3.8, 4) is 16.9 Å². The van der Waals surface area contributed by atoms with Crippen LogP contribution in [0.2, 0.25) is 0 Å². The Morgan fingerprint density at radius 2 is 1.67 bits per heavy atom. The number of alkyl halides is 3. The van der Waals surface area contributed by atoms with Gasteiger partial charge in [0.15, 0.2) is 6.29 Å². The number of carbonyl (C=O) groups excluding carboxylic acids is 1. The van der Waals surface area contributed by atoms with E-state index in [0.717, 1.165) is 6.07 Å². The van der Waals surface area contributed by atoms with Gasteiger partial charge in [-0.1, -0.05) is 12.1 Å². The van der Waals surface area contributed by atoms with Gasteiger partial charge in [-0.25, -0.2) is 4.39 Å². The molecule has 6 heteroatoms. The van der Waals surface area contributed by atoms with E-state index in [-0.39, 0.29) is 11.1 Å². The number of hydrogen-bond acceptors (Lipinski definition) is 2. The minimum atomic E-state index is -4.78. The van der Waals surface area contributed by atoms with Crippen LogP contribution in [-0.2, 0) is 6.18 Å². The monoisotopic (exact) mass is 298 g/mol. The second kappa shape index (κ2) is 5.55. The molecule has 0 bridgehead atoms. The van der Waals surface area contributed by atoms with Crippen LogP contribution in [0.5, 0.6) is 5.75 Å². The van der Waals surface area contributed by atoms with E-state index < -0.39 is 17.6 Å². The summed E-state index contributed by atoms with van der Waals surface area (Å²) in [5.74, 6) is -1.03. The van der Waals surface area contributed by atoms with Crippen molar-refractivity contribution in [3.05, 3.63) is 53.3 Å². The topological polar surface area (TPSA) is 26.3 Å². The second-order valence-electron chi connectivity index (χ2n) is 4.27. The lowest BCUT2D eigenvalue weighted by molar-refractivity contribution is -0.139. The number of benzene rings is 2. The van der Waals surface area contributed by atoms with Gasteiger partial charge in [-0.15, -0.1) is 0 Å². The molecular weight excluding hydrogens is 288 g/mol. The highest BCUT2D eigenvalue weighted by Crippen LogP contribution is 2.35. The lowest BCUT2D eigenvalue weighted by Gasteiger charge is -2.11. The quantitative estimate of drug-likeness (QED) is 0.622. The highest BCUT2D eigenvalue weighted by molar-refractivity contribution is 5.83. The second-order valence-corrected chi connectivity index (χ2v) is 4.27. The molecule has 0 aliphatic carbocycles. The molecule has 21 heavy (non-hydrogen) atoms. The molecule has 2 nitrogen and oxygen atoms in total. The maximum atomic E-state index is 13.2. The highest BCUT2D eigenvalue weighted by atomic mass is 19.4. The van der Waals surface area contributed by atoms with Crippen molar-refractivity contribution in [3.63, 3.8) is 0 Å². The fraction of sp³-hybridized carbons (Fsp3) is 0.133. The summed E-state index contributed by atoms with van der Waals surface area (Å²) >= 11 is 0. The summed E-state index contributed by atoms with van der Waals surface area (Å²) in [5.41, 5.74) is -0.616. The van der Waals surface area contributed by atoms with Gasteiger partial charge in [-0.3, -0.25) is 4.79 Å². The Balaban J connectivity index is 2.55. The minimum absolute atomic E-state index is 0.162. The van der Waals surface area contributed by atoms with Gasteiger partial charge in [0, 0.05) is 0 Å². The molecule has 2 aromatic rings. The van der Waals surface area contributed by atoms with Crippen molar-refractivity contribution in [1.82, 2.24) is 0 Å². The molecule has 0 aliphatic rings. The maximum absolute atomic E-state index is 13.2. The first-order valence-electron chi connectivity index (χ1n) is 5.87. The van der Waals surface area contributed by atoms with Crippen molar-refractivity contribution in [2.24, 2.45) is 0 Å². The predicted molar refractivity (Wildman–Crippen MR) is 68.8 cm³/mol. The average Bonchev–Trinajstić information content (AvgIpc) is 2.45. The third-order valence-corrected chi connectivity index (χ3v) is 2.96. The van der Waals surface area contributed by atoms with E-state index in [1.165, 1.54) is 31.4 Å². The Kier molecular flexibility index (Phi) is 3.97. The minimum Gasteiger partial charge on any atom is -0.496 e. The molecular formula is C15H10F4O2. The summed E-state index contributed by atoms with van der Waals surface area (Å²) in [6.07, 6.45) is -4.24. The molecule has 0 spiro atoms. The van der Waals surface area contributed by atoms with Crippen LogP contribution in [0.3, 0.4) is 0 Å². The van der Waals surface area contributed by atoms with Crippen LogP contribution < -0.4 is 4.74 Å². The van der Waals surface area contributed by atoms with Crippen molar-refractivity contribution in [2.45, 2.75) is 6.18 Å². The SMILES string of the molecule is COc1ccc(-c2ccc(F)c(C(F)(F)F)c2)cc1C=O. The van der Waals surface area contributed by atoms with Gasteiger partial charge in [-0.05, 0) is 35.4 Å². The van der Waals surface area contributed by atoms with Crippen LogP contribution in [0.15, 0.2) is 36.4 Å². The fourth-order valence-electron chi connectivity index (χ4n) is 1.93. The van der Waals surface area contributed by atoms with Gasteiger partial charge >= 0.3 is 6.18 Å². The van der Waals surface area contributed by atoms with Crippen LogP contribution in [-0.4, -0.2) is 13.4 Å². The van der Waals surface area contributed by atoms with E-state index in [9.17, 15) is 22.4 Å². The van der Waals surface area contributed by atoms with E-state index in [4.69, 9.17) is 4.74 Å². The average molecular weight is 298 g/mol. The zero-order chi connectivity index (χ0) is 15.6. The summed E-state index contributed by atoms with van der Waals surface area (Å²) in [4.78, 5) is 10.9. The first-order valence-corrected chi connectivity index (χ1v) is 5.87. The van der Waals surface area contributed by atoms with Crippen molar-refractivity contribution >= 4 is 6.29 Å². The smallest absolute Gasteiger partial charge is 0.419 e. The van der Waals surface area contributed by atoms with Crippen LogP contribution in [0, 0.1) is 5.82 Å². The summed E-state index contributed by atoms with van der Waals surface area (Å²) in [6.45, 7) is 0. The van der Waals surface area contributed by atoms with E-state index in [1.807, 2.05) is 0 Å². The lowest BCUT2D eigenvalue weighted by Crippen LogP contribution is -2.08. The van der Waals surface area contributed by atoms with Gasteiger partial charge < -0.3 is 4.74 Å². The van der Waals surface area contributed by atoms with Gasteiger partial charge in [0.1, 0.15) is 11.6 Å². The summed E-state index contributed by atoms with van der Waals surface area (Å²) in [7, 11) is 1.38. The molecule has 0 N–H and O–H groups in total. The first kappa shape index (κ1) is 15.0. The Labute approximate surface area is 118 Å². The molecule has 2 rings (SSSR count). The molecule has 0 heterocycles. The normalized spacial score (nSPS) is 11.3. The molecule has 0 saturated heterocycles. The van der Waals surface area contributed by atoms with Gasteiger partial charge in [0.05, 0.1) is 18.2 Å². The van der Waals surface area contributed by atoms with Crippen molar-refractivity contribution in [1.29, 1.82) is 0 Å². The summed E-state index contributed by atoms with van der Waals surface area (Å²) in [6, 6.07) is 7.05. The maximum Gasteiger partial charge on any atom is 0.419 e. The molecule has 2 aromatic carbocycles. The Bertz CT molecular complexity index is 678. The number of ether oxygens (including phenoxy) is 1. The number of aldehydes is 1. The van der Waals surface area contributed by atoms with E-state index in [0.29, 0.717) is 23.7 Å². The largest absolute Gasteiger partial charge is 0.496 e. The van der Waals surface area contributed by atoms with E-state index >= 15 is 0 Å². The molecule has 0 atom stereocenters. The molecule has 0 aromatic heterocycles. The Morgan fingerprint density at radius 3 is 2.24 bits per heavy atom. The fourth-order valence-corrected chi connectivity index (χ4v) is 1.93.